The average molecular weight is 427 g/mol. The van der Waals surface area contributed by atoms with Gasteiger partial charge in [-0.1, -0.05) is 60.3 Å². The van der Waals surface area contributed by atoms with E-state index in [-0.39, 0.29) is 23.2 Å². The summed E-state index contributed by atoms with van der Waals surface area (Å²) in [6.45, 7) is 16.0. The lowest BCUT2D eigenvalue weighted by Crippen LogP contribution is -2.17. The smallest absolute Gasteiger partial charge is 0.335 e. The second-order valence-electron chi connectivity index (χ2n) is 9.54. The number of methoxy groups -OCH3 is 1. The van der Waals surface area contributed by atoms with Crippen molar-refractivity contribution in [3.8, 4) is 23.0 Å². The number of carbonyl (C=O) groups is 1. The zero-order chi connectivity index (χ0) is 23.4. The Balaban J connectivity index is 2.32. The molecule has 2 aromatic carbocycles. The summed E-state index contributed by atoms with van der Waals surface area (Å²) >= 11 is 0. The van der Waals surface area contributed by atoms with Crippen LogP contribution in [0.4, 0.5) is 0 Å². The fourth-order valence-corrected chi connectivity index (χ4v) is 3.28. The van der Waals surface area contributed by atoms with Crippen LogP contribution >= 0.6 is 0 Å². The van der Waals surface area contributed by atoms with E-state index in [2.05, 4.69) is 6.58 Å². The minimum Gasteiger partial charge on any atom is -0.507 e. The number of benzene rings is 2. The van der Waals surface area contributed by atoms with Gasteiger partial charge in [-0.3, -0.25) is 0 Å². The molecule has 0 amide bonds. The zero-order valence-corrected chi connectivity index (χ0v) is 19.7. The first-order valence-corrected chi connectivity index (χ1v) is 10.4. The summed E-state index contributed by atoms with van der Waals surface area (Å²) in [6.07, 6.45) is 1.59. The molecule has 0 spiro atoms. The lowest BCUT2D eigenvalue weighted by molar-refractivity contribution is -0.129. The average Bonchev–Trinajstić information content (AvgIpc) is 2.68. The number of phenolic OH excluding ortho intramolecular Hbond substituents is 1. The van der Waals surface area contributed by atoms with Gasteiger partial charge in [0, 0.05) is 29.2 Å². The van der Waals surface area contributed by atoms with Crippen molar-refractivity contribution in [2.45, 2.75) is 58.8 Å². The largest absolute Gasteiger partial charge is 0.507 e. The van der Waals surface area contributed by atoms with E-state index in [0.717, 1.165) is 22.8 Å². The third-order valence-corrected chi connectivity index (χ3v) is 4.99. The third-order valence-electron chi connectivity index (χ3n) is 4.99. The Morgan fingerprint density at radius 1 is 1.06 bits per heavy atom. The number of hydrogen-bond donors (Lipinski definition) is 1. The van der Waals surface area contributed by atoms with Crippen LogP contribution in [0.25, 0.3) is 0 Å². The first-order chi connectivity index (χ1) is 14.4. The predicted octanol–water partition coefficient (Wildman–Crippen LogP) is 5.71. The maximum Gasteiger partial charge on any atom is 0.335 e. The summed E-state index contributed by atoms with van der Waals surface area (Å²) in [5, 5.41) is 10.8. The zero-order valence-electron chi connectivity index (χ0n) is 19.7. The van der Waals surface area contributed by atoms with E-state index in [1.165, 1.54) is 0 Å². The van der Waals surface area contributed by atoms with Crippen molar-refractivity contribution in [2.24, 2.45) is 0 Å². The highest BCUT2D eigenvalue weighted by atomic mass is 16.6. The molecule has 1 N–H and O–H groups in total. The number of phenols is 1. The van der Waals surface area contributed by atoms with E-state index in [1.54, 1.807) is 13.2 Å². The van der Waals surface area contributed by atoms with Crippen LogP contribution in [0.1, 0.15) is 58.2 Å². The number of ether oxygens (including phenoxy) is 3. The third kappa shape index (κ3) is 6.03. The second kappa shape index (κ2) is 9.46. The molecule has 0 heterocycles. The molecule has 0 saturated carbocycles. The van der Waals surface area contributed by atoms with E-state index in [4.69, 9.17) is 14.2 Å². The van der Waals surface area contributed by atoms with Gasteiger partial charge in [0.25, 0.3) is 0 Å². The molecule has 0 fully saturated rings. The highest BCUT2D eigenvalue weighted by molar-refractivity contribution is 5.84. The van der Waals surface area contributed by atoms with E-state index in [1.807, 2.05) is 65.8 Å². The first-order valence-electron chi connectivity index (χ1n) is 10.4. The van der Waals surface area contributed by atoms with Gasteiger partial charge in [0.1, 0.15) is 11.5 Å². The molecule has 5 heteroatoms. The first kappa shape index (κ1) is 24.3. The number of carbonyl (C=O) groups excluding carboxylic acids is 1. The molecule has 0 aromatic heterocycles. The molecule has 0 aliphatic carbocycles. The van der Waals surface area contributed by atoms with Crippen LogP contribution in [0.2, 0.25) is 0 Å². The SMILES string of the molecule is C=CC(=O)Oc1c(OCCc2cc(OC)cc(C(C)(C)C)c2O)cccc1C(C)(C)C. The van der Waals surface area contributed by atoms with Crippen molar-refractivity contribution in [1.82, 2.24) is 0 Å². The summed E-state index contributed by atoms with van der Waals surface area (Å²) in [7, 11) is 1.61. The summed E-state index contributed by atoms with van der Waals surface area (Å²) in [4.78, 5) is 11.9. The fourth-order valence-electron chi connectivity index (χ4n) is 3.28. The monoisotopic (exact) mass is 426 g/mol. The Labute approximate surface area is 185 Å². The highest BCUT2D eigenvalue weighted by Crippen LogP contribution is 2.40. The molecule has 0 bridgehead atoms. The minimum absolute atomic E-state index is 0.235. The van der Waals surface area contributed by atoms with Crippen LogP contribution in [0.3, 0.4) is 0 Å². The van der Waals surface area contributed by atoms with Crippen molar-refractivity contribution in [3.63, 3.8) is 0 Å². The van der Waals surface area contributed by atoms with Crippen molar-refractivity contribution in [3.05, 3.63) is 59.7 Å². The maximum absolute atomic E-state index is 11.9. The topological polar surface area (TPSA) is 65.0 Å². The fraction of sp³-hybridized carbons (Fsp3) is 0.423. The Morgan fingerprint density at radius 3 is 2.26 bits per heavy atom. The molecule has 2 aromatic rings. The van der Waals surface area contributed by atoms with Gasteiger partial charge in [0.15, 0.2) is 11.5 Å². The molecule has 31 heavy (non-hydrogen) atoms. The summed E-state index contributed by atoms with van der Waals surface area (Å²) < 4.78 is 17.0. The highest BCUT2D eigenvalue weighted by Gasteiger charge is 2.24. The number of rotatable bonds is 7. The predicted molar refractivity (Wildman–Crippen MR) is 124 cm³/mol. The lowest BCUT2D eigenvalue weighted by atomic mass is 9.84. The van der Waals surface area contributed by atoms with E-state index in [9.17, 15) is 9.90 Å². The normalized spacial score (nSPS) is 11.7. The molecule has 0 aliphatic heterocycles. The van der Waals surface area contributed by atoms with Gasteiger partial charge >= 0.3 is 5.97 Å². The summed E-state index contributed by atoms with van der Waals surface area (Å²) in [5.41, 5.74) is 1.93. The molecule has 2 rings (SSSR count). The second-order valence-corrected chi connectivity index (χ2v) is 9.54. The molecule has 0 atom stereocenters. The Bertz CT molecular complexity index is 945. The number of para-hydroxylation sites is 1. The Hall–Kier alpha value is -2.95. The van der Waals surface area contributed by atoms with E-state index in [0.29, 0.717) is 23.7 Å². The van der Waals surface area contributed by atoms with E-state index >= 15 is 0 Å². The van der Waals surface area contributed by atoms with E-state index < -0.39 is 5.97 Å². The van der Waals surface area contributed by atoms with Crippen LogP contribution in [0, 0.1) is 0 Å². The van der Waals surface area contributed by atoms with Crippen LogP contribution in [-0.2, 0) is 22.0 Å². The van der Waals surface area contributed by atoms with Gasteiger partial charge in [0.2, 0.25) is 0 Å². The summed E-state index contributed by atoms with van der Waals surface area (Å²) in [6, 6.07) is 9.24. The Kier molecular flexibility index (Phi) is 7.42. The van der Waals surface area contributed by atoms with Crippen molar-refractivity contribution < 1.29 is 24.1 Å². The number of aromatic hydroxyl groups is 1. The van der Waals surface area contributed by atoms with Gasteiger partial charge in [-0.25, -0.2) is 4.79 Å². The Morgan fingerprint density at radius 2 is 1.71 bits per heavy atom. The van der Waals surface area contributed by atoms with Crippen molar-refractivity contribution >= 4 is 5.97 Å². The molecular formula is C26H34O5. The number of hydrogen-bond acceptors (Lipinski definition) is 5. The van der Waals surface area contributed by atoms with Gasteiger partial charge in [-0.2, -0.15) is 0 Å². The molecule has 5 nitrogen and oxygen atoms in total. The van der Waals surface area contributed by atoms with Crippen molar-refractivity contribution in [1.29, 1.82) is 0 Å². The van der Waals surface area contributed by atoms with Gasteiger partial charge < -0.3 is 19.3 Å². The molecule has 0 radical (unpaired) electrons. The van der Waals surface area contributed by atoms with Crippen LogP contribution in [0.15, 0.2) is 43.0 Å². The molecule has 168 valence electrons. The van der Waals surface area contributed by atoms with Gasteiger partial charge in [-0.05, 0) is 29.0 Å². The quantitative estimate of drug-likeness (QED) is 0.349. The van der Waals surface area contributed by atoms with Gasteiger partial charge in [-0.15, -0.1) is 0 Å². The number of esters is 1. The standard InChI is InChI=1S/C26H34O5/c1-9-22(27)31-24-19(25(2,3)4)11-10-12-21(24)30-14-13-17-15-18(29-8)16-20(23(17)28)26(5,6)7/h9-12,15-16,28H,1,13-14H2,2-8H3. The van der Waals surface area contributed by atoms with Crippen molar-refractivity contribution in [2.75, 3.05) is 13.7 Å². The molecule has 0 aliphatic rings. The van der Waals surface area contributed by atoms with Crippen LogP contribution in [-0.4, -0.2) is 24.8 Å². The van der Waals surface area contributed by atoms with Crippen LogP contribution < -0.4 is 14.2 Å². The lowest BCUT2D eigenvalue weighted by Gasteiger charge is -2.24. The van der Waals surface area contributed by atoms with Crippen LogP contribution in [0.5, 0.6) is 23.0 Å². The maximum atomic E-state index is 11.9. The van der Waals surface area contributed by atoms with Gasteiger partial charge in [0.05, 0.1) is 13.7 Å². The molecule has 0 saturated heterocycles. The summed E-state index contributed by atoms with van der Waals surface area (Å²) in [5.74, 6) is 1.26. The minimum atomic E-state index is -0.540. The molecular weight excluding hydrogens is 392 g/mol. The molecule has 0 unspecified atom stereocenters.